The quantitative estimate of drug-likeness (QED) is 0.330. The minimum absolute atomic E-state index is 0.110. The predicted octanol–water partition coefficient (Wildman–Crippen LogP) is 9.48. The number of ether oxygens (including phenoxy) is 1. The Kier molecular flexibility index (Phi) is 8.02. The van der Waals surface area contributed by atoms with Gasteiger partial charge in [0.25, 0.3) is 0 Å². The number of phenolic OH excluding ortho intramolecular Hbond substituents is 2. The van der Waals surface area contributed by atoms with Crippen molar-refractivity contribution in [3.63, 3.8) is 0 Å². The van der Waals surface area contributed by atoms with Gasteiger partial charge in [-0.1, -0.05) is 119 Å². The van der Waals surface area contributed by atoms with Crippen LogP contribution in [0.3, 0.4) is 0 Å². The van der Waals surface area contributed by atoms with Gasteiger partial charge in [0, 0.05) is 5.92 Å². The fraction of sp³-hybridized carbons (Fsp3) is 0.500. The highest BCUT2D eigenvalue weighted by Crippen LogP contribution is 2.47. The first-order valence-electron chi connectivity index (χ1n) is 14.1. The molecular weight excluding hydrogens is 480 g/mol. The topological polar surface area (TPSA) is 49.7 Å². The summed E-state index contributed by atoms with van der Waals surface area (Å²) in [4.78, 5) is 0. The second-order valence-electron chi connectivity index (χ2n) is 15.1. The molecule has 212 valence electrons. The number of hydrogen-bond donors (Lipinski definition) is 2. The molecule has 0 bridgehead atoms. The summed E-state index contributed by atoms with van der Waals surface area (Å²) in [6, 6.07) is 17.0. The maximum Gasteiger partial charge on any atom is 0.123 e. The molecule has 0 aliphatic rings. The van der Waals surface area contributed by atoms with Crippen LogP contribution in [0.5, 0.6) is 17.2 Å². The van der Waals surface area contributed by atoms with Crippen molar-refractivity contribution in [2.75, 3.05) is 7.11 Å². The van der Waals surface area contributed by atoms with Gasteiger partial charge in [0.2, 0.25) is 0 Å². The van der Waals surface area contributed by atoms with Crippen LogP contribution in [0.2, 0.25) is 0 Å². The number of hydrogen-bond acceptors (Lipinski definition) is 3. The third kappa shape index (κ3) is 6.45. The van der Waals surface area contributed by atoms with Gasteiger partial charge in [0.1, 0.15) is 17.2 Å². The molecule has 0 spiro atoms. The Morgan fingerprint density at radius 1 is 0.487 bits per heavy atom. The summed E-state index contributed by atoms with van der Waals surface area (Å²) < 4.78 is 5.48. The molecule has 3 heteroatoms. The van der Waals surface area contributed by atoms with E-state index in [2.05, 4.69) is 119 Å². The summed E-state index contributed by atoms with van der Waals surface area (Å²) in [5.41, 5.74) is 6.16. The molecule has 0 radical (unpaired) electrons. The van der Waals surface area contributed by atoms with Crippen LogP contribution >= 0.6 is 0 Å². The van der Waals surface area contributed by atoms with Crippen molar-refractivity contribution in [1.82, 2.24) is 0 Å². The zero-order valence-electron chi connectivity index (χ0n) is 26.5. The molecule has 0 aromatic heterocycles. The number of benzene rings is 3. The Hall–Kier alpha value is -2.94. The van der Waals surface area contributed by atoms with Gasteiger partial charge in [-0.2, -0.15) is 0 Å². The van der Waals surface area contributed by atoms with Crippen molar-refractivity contribution in [3.8, 4) is 17.2 Å². The number of rotatable bonds is 4. The first-order valence-corrected chi connectivity index (χ1v) is 14.1. The maximum absolute atomic E-state index is 11.5. The van der Waals surface area contributed by atoms with Crippen LogP contribution in [-0.4, -0.2) is 17.3 Å². The zero-order chi connectivity index (χ0) is 29.7. The molecule has 39 heavy (non-hydrogen) atoms. The molecule has 0 aliphatic carbocycles. The fourth-order valence-electron chi connectivity index (χ4n) is 5.31. The van der Waals surface area contributed by atoms with Crippen molar-refractivity contribution >= 4 is 0 Å². The van der Waals surface area contributed by atoms with E-state index in [1.54, 1.807) is 7.11 Å². The van der Waals surface area contributed by atoms with Gasteiger partial charge in [-0.05, 0) is 72.7 Å². The molecule has 0 amide bonds. The van der Waals surface area contributed by atoms with Crippen LogP contribution in [0.25, 0.3) is 0 Å². The van der Waals surface area contributed by atoms with E-state index in [1.807, 2.05) is 12.1 Å². The molecule has 0 heterocycles. The third-order valence-corrected chi connectivity index (χ3v) is 7.61. The molecule has 2 N–H and O–H groups in total. The van der Waals surface area contributed by atoms with Crippen molar-refractivity contribution in [2.24, 2.45) is 0 Å². The first kappa shape index (κ1) is 30.6. The Labute approximate surface area is 237 Å². The van der Waals surface area contributed by atoms with E-state index in [4.69, 9.17) is 4.74 Å². The molecule has 0 fully saturated rings. The molecule has 0 aliphatic heterocycles. The molecule has 0 atom stereocenters. The highest BCUT2D eigenvalue weighted by atomic mass is 16.5. The average molecular weight is 531 g/mol. The third-order valence-electron chi connectivity index (χ3n) is 7.61. The lowest BCUT2D eigenvalue weighted by molar-refractivity contribution is 0.414. The molecule has 0 saturated carbocycles. The summed E-state index contributed by atoms with van der Waals surface area (Å²) in [6.45, 7) is 25.8. The average Bonchev–Trinajstić information content (AvgIpc) is 2.78. The first-order chi connectivity index (χ1) is 17.7. The molecule has 3 aromatic rings. The van der Waals surface area contributed by atoms with E-state index in [1.165, 1.54) is 0 Å². The minimum Gasteiger partial charge on any atom is -0.507 e. The van der Waals surface area contributed by atoms with Gasteiger partial charge in [-0.15, -0.1) is 0 Å². The van der Waals surface area contributed by atoms with Crippen LogP contribution in [0, 0.1) is 0 Å². The maximum atomic E-state index is 11.5. The van der Waals surface area contributed by atoms with Crippen molar-refractivity contribution in [1.29, 1.82) is 0 Å². The van der Waals surface area contributed by atoms with E-state index in [9.17, 15) is 10.2 Å². The largest absolute Gasteiger partial charge is 0.507 e. The molecule has 0 saturated heterocycles. The summed E-state index contributed by atoms with van der Waals surface area (Å²) in [5.74, 6) is 1.46. The highest BCUT2D eigenvalue weighted by molar-refractivity contribution is 5.58. The van der Waals surface area contributed by atoms with Crippen LogP contribution in [0.4, 0.5) is 0 Å². The minimum atomic E-state index is -0.243. The Morgan fingerprint density at radius 2 is 0.769 bits per heavy atom. The lowest BCUT2D eigenvalue weighted by atomic mass is 9.73. The Bertz CT molecular complexity index is 1170. The Morgan fingerprint density at radius 3 is 1.00 bits per heavy atom. The van der Waals surface area contributed by atoms with Gasteiger partial charge in [0.15, 0.2) is 0 Å². The van der Waals surface area contributed by atoms with E-state index < -0.39 is 0 Å². The van der Waals surface area contributed by atoms with E-state index in [-0.39, 0.29) is 27.6 Å². The fourth-order valence-corrected chi connectivity index (χ4v) is 5.31. The van der Waals surface area contributed by atoms with Crippen LogP contribution in [-0.2, 0) is 21.7 Å². The number of methoxy groups -OCH3 is 1. The monoisotopic (exact) mass is 530 g/mol. The van der Waals surface area contributed by atoms with E-state index in [0.717, 1.165) is 44.7 Å². The molecule has 3 rings (SSSR count). The SMILES string of the molecule is COc1ccc(C(c2cc(C(C)(C)C)c(O)c(C(C)(C)C)c2)c2cc(C(C)(C)C)c(O)c(C(C)(C)C)c2)cc1. The number of phenols is 2. The van der Waals surface area contributed by atoms with Gasteiger partial charge in [0.05, 0.1) is 7.11 Å². The second kappa shape index (κ2) is 10.2. The lowest BCUT2D eigenvalue weighted by Crippen LogP contribution is -2.20. The standard InChI is InChI=1S/C36H50O3/c1-33(2,3)26-18-23(19-27(31(26)37)34(4,5)6)30(22-14-16-25(39-13)17-15-22)24-20-28(35(7,8)9)32(38)29(21-24)36(10,11)12/h14-21,30,37-38H,1-13H3. The van der Waals surface area contributed by atoms with E-state index in [0.29, 0.717) is 11.5 Å². The van der Waals surface area contributed by atoms with Crippen LogP contribution in [0.15, 0.2) is 48.5 Å². The van der Waals surface area contributed by atoms with Crippen molar-refractivity contribution in [3.05, 3.63) is 87.5 Å². The molecular formula is C36H50O3. The summed E-state index contributed by atoms with van der Waals surface area (Å²) in [7, 11) is 1.68. The van der Waals surface area contributed by atoms with Crippen LogP contribution in [0.1, 0.15) is 128 Å². The highest BCUT2D eigenvalue weighted by Gasteiger charge is 2.32. The van der Waals surface area contributed by atoms with Crippen LogP contribution < -0.4 is 4.74 Å². The van der Waals surface area contributed by atoms with Crippen molar-refractivity contribution < 1.29 is 14.9 Å². The van der Waals surface area contributed by atoms with Crippen molar-refractivity contribution in [2.45, 2.75) is 111 Å². The molecule has 3 aromatic carbocycles. The van der Waals surface area contributed by atoms with Gasteiger partial charge < -0.3 is 14.9 Å². The number of aromatic hydroxyl groups is 2. The predicted molar refractivity (Wildman–Crippen MR) is 165 cm³/mol. The van der Waals surface area contributed by atoms with Gasteiger partial charge in [-0.25, -0.2) is 0 Å². The van der Waals surface area contributed by atoms with Gasteiger partial charge >= 0.3 is 0 Å². The summed E-state index contributed by atoms with van der Waals surface area (Å²) in [6.07, 6.45) is 0. The normalized spacial score (nSPS) is 13.2. The smallest absolute Gasteiger partial charge is 0.123 e. The Balaban J connectivity index is 2.50. The summed E-state index contributed by atoms with van der Waals surface area (Å²) in [5, 5.41) is 22.9. The van der Waals surface area contributed by atoms with E-state index >= 15 is 0 Å². The second-order valence-corrected chi connectivity index (χ2v) is 15.1. The molecule has 3 nitrogen and oxygen atoms in total. The van der Waals surface area contributed by atoms with Gasteiger partial charge in [-0.3, -0.25) is 0 Å². The lowest BCUT2D eigenvalue weighted by Gasteiger charge is -2.32. The summed E-state index contributed by atoms with van der Waals surface area (Å²) >= 11 is 0. The zero-order valence-corrected chi connectivity index (χ0v) is 26.5. The molecule has 0 unspecified atom stereocenters.